The van der Waals surface area contributed by atoms with Gasteiger partial charge in [-0.3, -0.25) is 9.59 Å². The van der Waals surface area contributed by atoms with Crippen LogP contribution in [0.15, 0.2) is 12.1 Å². The first-order chi connectivity index (χ1) is 11.3. The first-order valence-electron chi connectivity index (χ1n) is 6.95. The molecule has 0 unspecified atom stereocenters. The van der Waals surface area contributed by atoms with E-state index in [2.05, 4.69) is 15.4 Å². The molecule has 1 rings (SSSR count). The summed E-state index contributed by atoms with van der Waals surface area (Å²) >= 11 is 0. The van der Waals surface area contributed by atoms with Crippen LogP contribution in [-0.2, 0) is 14.3 Å². The molecule has 9 heteroatoms. The number of carbonyl (C=O) groups excluding carboxylic acids is 3. The van der Waals surface area contributed by atoms with Crippen LogP contribution in [0, 0.1) is 0 Å². The summed E-state index contributed by atoms with van der Waals surface area (Å²) in [4.78, 5) is 35.5. The van der Waals surface area contributed by atoms with E-state index in [1.807, 2.05) is 0 Å². The van der Waals surface area contributed by atoms with E-state index in [-0.39, 0.29) is 29.3 Å². The molecule has 3 N–H and O–H groups in total. The highest BCUT2D eigenvalue weighted by atomic mass is 16.5. The maximum absolute atomic E-state index is 11.9. The Balaban J connectivity index is 3.10. The van der Waals surface area contributed by atoms with Crippen molar-refractivity contribution in [3.63, 3.8) is 0 Å². The first kappa shape index (κ1) is 19.2. The number of ether oxygens (including phenoxy) is 3. The lowest BCUT2D eigenvalue weighted by Crippen LogP contribution is -2.39. The average Bonchev–Trinajstić information content (AvgIpc) is 2.58. The summed E-state index contributed by atoms with van der Waals surface area (Å²) in [6.45, 7) is 1.38. The monoisotopic (exact) mass is 340 g/mol. The predicted octanol–water partition coefficient (Wildman–Crippen LogP) is -0.0741. The zero-order chi connectivity index (χ0) is 18.3. The van der Waals surface area contributed by atoms with Gasteiger partial charge in [-0.15, -0.1) is 0 Å². The van der Waals surface area contributed by atoms with Crippen molar-refractivity contribution in [2.75, 3.05) is 33.2 Å². The summed E-state index contributed by atoms with van der Waals surface area (Å²) in [5.41, 5.74) is 0.0172. The van der Waals surface area contributed by atoms with E-state index in [4.69, 9.17) is 14.6 Å². The van der Waals surface area contributed by atoms with Gasteiger partial charge >= 0.3 is 17.8 Å². The predicted molar refractivity (Wildman–Crippen MR) is 84.2 cm³/mol. The number of nitrogens with one attached hydrogen (secondary N) is 2. The van der Waals surface area contributed by atoms with Gasteiger partial charge in [0.05, 0.1) is 38.7 Å². The third-order valence-electron chi connectivity index (χ3n) is 2.94. The molecule has 0 saturated heterocycles. The van der Waals surface area contributed by atoms with Crippen molar-refractivity contribution in [1.29, 1.82) is 0 Å². The Morgan fingerprint density at radius 1 is 1.08 bits per heavy atom. The van der Waals surface area contributed by atoms with Gasteiger partial charge in [-0.05, 0) is 6.92 Å². The molecule has 24 heavy (non-hydrogen) atoms. The number of benzene rings is 1. The zero-order valence-corrected chi connectivity index (χ0v) is 13.8. The zero-order valence-electron chi connectivity index (χ0n) is 13.8. The van der Waals surface area contributed by atoms with E-state index in [0.29, 0.717) is 0 Å². The second-order valence-electron chi connectivity index (χ2n) is 4.76. The molecule has 0 heterocycles. The molecule has 2 amide bonds. The van der Waals surface area contributed by atoms with Crippen LogP contribution < -0.4 is 20.1 Å². The van der Waals surface area contributed by atoms with Gasteiger partial charge < -0.3 is 30.0 Å². The van der Waals surface area contributed by atoms with E-state index >= 15 is 0 Å². The molecule has 9 nitrogen and oxygen atoms in total. The molecule has 0 saturated carbocycles. The molecule has 0 radical (unpaired) electrons. The van der Waals surface area contributed by atoms with Gasteiger partial charge in [0.1, 0.15) is 0 Å². The van der Waals surface area contributed by atoms with Gasteiger partial charge in [0.15, 0.2) is 11.5 Å². The molecule has 0 fully saturated rings. The van der Waals surface area contributed by atoms with Crippen molar-refractivity contribution < 1.29 is 33.7 Å². The fourth-order valence-corrected chi connectivity index (χ4v) is 1.76. The van der Waals surface area contributed by atoms with Gasteiger partial charge in [0.25, 0.3) is 0 Å². The summed E-state index contributed by atoms with van der Waals surface area (Å²) in [6.07, 6.45) is -0.798. The Morgan fingerprint density at radius 3 is 2.17 bits per heavy atom. The van der Waals surface area contributed by atoms with Gasteiger partial charge in [-0.1, -0.05) is 0 Å². The van der Waals surface area contributed by atoms with Crippen LogP contribution in [0.5, 0.6) is 11.5 Å². The summed E-state index contributed by atoms with van der Waals surface area (Å²) in [7, 11) is 3.96. The van der Waals surface area contributed by atoms with Gasteiger partial charge in [0.2, 0.25) is 0 Å². The Bertz CT molecular complexity index is 628. The van der Waals surface area contributed by atoms with Crippen LogP contribution in [0.3, 0.4) is 0 Å². The Labute approximate surface area is 138 Å². The second-order valence-corrected chi connectivity index (χ2v) is 4.76. The average molecular weight is 340 g/mol. The summed E-state index contributed by atoms with van der Waals surface area (Å²) in [5, 5.41) is 13.7. The number of amides is 2. The van der Waals surface area contributed by atoms with E-state index < -0.39 is 23.9 Å². The maximum atomic E-state index is 11.9. The van der Waals surface area contributed by atoms with E-state index in [9.17, 15) is 14.4 Å². The molecule has 0 bridgehead atoms. The lowest BCUT2D eigenvalue weighted by Gasteiger charge is -2.14. The van der Waals surface area contributed by atoms with Crippen LogP contribution in [-0.4, -0.2) is 56.9 Å². The Morgan fingerprint density at radius 2 is 1.67 bits per heavy atom. The number of hydrogen-bond acceptors (Lipinski definition) is 7. The van der Waals surface area contributed by atoms with Crippen LogP contribution in [0.2, 0.25) is 0 Å². The number of aliphatic hydroxyl groups is 1. The van der Waals surface area contributed by atoms with Crippen molar-refractivity contribution in [2.24, 2.45) is 0 Å². The van der Waals surface area contributed by atoms with Gasteiger partial charge in [0, 0.05) is 18.7 Å². The fourth-order valence-electron chi connectivity index (χ4n) is 1.76. The summed E-state index contributed by atoms with van der Waals surface area (Å²) in [6, 6.07) is 2.67. The number of aliphatic hydroxyl groups excluding tert-OH is 1. The van der Waals surface area contributed by atoms with Crippen LogP contribution in [0.25, 0.3) is 0 Å². The van der Waals surface area contributed by atoms with Crippen LogP contribution in [0.4, 0.5) is 5.69 Å². The minimum absolute atomic E-state index is 0.00757. The largest absolute Gasteiger partial charge is 0.493 e. The minimum Gasteiger partial charge on any atom is -0.493 e. The van der Waals surface area contributed by atoms with Crippen molar-refractivity contribution in [3.8, 4) is 11.5 Å². The van der Waals surface area contributed by atoms with Crippen molar-refractivity contribution >= 4 is 23.5 Å². The molecule has 0 aliphatic heterocycles. The molecule has 0 aliphatic rings. The molecular formula is C15H20N2O7. The van der Waals surface area contributed by atoms with Crippen LogP contribution in [0.1, 0.15) is 17.3 Å². The highest BCUT2D eigenvalue weighted by molar-refractivity contribution is 6.40. The van der Waals surface area contributed by atoms with Crippen molar-refractivity contribution in [1.82, 2.24) is 5.32 Å². The third kappa shape index (κ3) is 4.85. The molecule has 0 aliphatic carbocycles. The number of methoxy groups -OCH3 is 3. The lowest BCUT2D eigenvalue weighted by molar-refractivity contribution is -0.136. The second kappa shape index (κ2) is 8.73. The SMILES string of the molecule is COC(=O)c1cc(OC)c(OC)cc1NC(=O)C(=O)NC[C@@H](C)O. The number of carbonyl (C=O) groups is 3. The standard InChI is InChI=1S/C15H20N2O7/c1-8(18)7-16-13(19)14(20)17-10-6-12(23-3)11(22-2)5-9(10)15(21)24-4/h5-6,8,18H,7H2,1-4H3,(H,16,19)(H,17,20)/t8-/m1/s1. The number of anilines is 1. The van der Waals surface area contributed by atoms with Gasteiger partial charge in [-0.2, -0.15) is 0 Å². The van der Waals surface area contributed by atoms with E-state index in [0.717, 1.165) is 0 Å². The molecule has 1 atom stereocenters. The third-order valence-corrected chi connectivity index (χ3v) is 2.94. The summed E-state index contributed by atoms with van der Waals surface area (Å²) < 4.78 is 14.8. The highest BCUT2D eigenvalue weighted by Crippen LogP contribution is 2.33. The normalized spacial score (nSPS) is 11.2. The van der Waals surface area contributed by atoms with E-state index in [1.54, 1.807) is 0 Å². The van der Waals surface area contributed by atoms with Crippen molar-refractivity contribution in [3.05, 3.63) is 17.7 Å². The molecule has 1 aromatic carbocycles. The van der Waals surface area contributed by atoms with Crippen LogP contribution >= 0.6 is 0 Å². The number of hydrogen-bond donors (Lipinski definition) is 3. The lowest BCUT2D eigenvalue weighted by atomic mass is 10.1. The Kier molecular flexibility index (Phi) is 6.99. The Hall–Kier alpha value is -2.81. The number of esters is 1. The molecule has 0 spiro atoms. The smallest absolute Gasteiger partial charge is 0.340 e. The topological polar surface area (TPSA) is 123 Å². The van der Waals surface area contributed by atoms with Gasteiger partial charge in [-0.25, -0.2) is 4.79 Å². The van der Waals surface area contributed by atoms with E-state index in [1.165, 1.54) is 40.4 Å². The quantitative estimate of drug-likeness (QED) is 0.489. The minimum atomic E-state index is -1.01. The molecule has 0 aromatic heterocycles. The maximum Gasteiger partial charge on any atom is 0.340 e. The first-order valence-corrected chi connectivity index (χ1v) is 6.95. The van der Waals surface area contributed by atoms with Crippen molar-refractivity contribution in [2.45, 2.75) is 13.0 Å². The molecular weight excluding hydrogens is 320 g/mol. The highest BCUT2D eigenvalue weighted by Gasteiger charge is 2.21. The number of rotatable bonds is 6. The fraction of sp³-hybridized carbons (Fsp3) is 0.400. The summed E-state index contributed by atoms with van der Waals surface area (Å²) in [5.74, 6) is -2.18. The molecule has 132 valence electrons. The molecule has 1 aromatic rings.